The second kappa shape index (κ2) is 5.85. The van der Waals surface area contributed by atoms with E-state index in [1.54, 1.807) is 0 Å². The molecule has 0 atom stereocenters. The molecular formula is C16H22N2S. The van der Waals surface area contributed by atoms with E-state index in [1.165, 1.54) is 37.7 Å². The third kappa shape index (κ3) is 2.88. The highest BCUT2D eigenvalue weighted by atomic mass is 32.1. The van der Waals surface area contributed by atoms with Gasteiger partial charge >= 0.3 is 0 Å². The van der Waals surface area contributed by atoms with Crippen molar-refractivity contribution in [2.75, 3.05) is 13.6 Å². The summed E-state index contributed by atoms with van der Waals surface area (Å²) >= 11 is 1.82. The number of hydrogen-bond donors (Lipinski definition) is 1. The maximum Gasteiger partial charge on any atom is 0.0943 e. The summed E-state index contributed by atoms with van der Waals surface area (Å²) in [4.78, 5) is 5.85. The first-order chi connectivity index (χ1) is 9.04. The zero-order chi connectivity index (χ0) is 14.0. The lowest BCUT2D eigenvalue weighted by Crippen LogP contribution is -2.09. The molecule has 0 aliphatic heterocycles. The fourth-order valence-corrected chi connectivity index (χ4v) is 3.44. The molecule has 0 spiro atoms. The van der Waals surface area contributed by atoms with Gasteiger partial charge in [-0.15, -0.1) is 11.3 Å². The van der Waals surface area contributed by atoms with Crippen molar-refractivity contribution in [1.82, 2.24) is 10.3 Å². The SMILES string of the molecule is CNCCc1ncc(-c2c(C)c(C)cc(C)c2C)s1. The number of aryl methyl sites for hydroxylation is 2. The van der Waals surface area contributed by atoms with Crippen LogP contribution in [0, 0.1) is 27.7 Å². The maximum atomic E-state index is 4.55. The molecule has 0 amide bonds. The van der Waals surface area contributed by atoms with Crippen LogP contribution < -0.4 is 5.32 Å². The lowest BCUT2D eigenvalue weighted by molar-refractivity contribution is 0.787. The molecule has 102 valence electrons. The van der Waals surface area contributed by atoms with Gasteiger partial charge in [0.2, 0.25) is 0 Å². The van der Waals surface area contributed by atoms with Crippen LogP contribution in [0.5, 0.6) is 0 Å². The van der Waals surface area contributed by atoms with E-state index in [0.717, 1.165) is 13.0 Å². The fourth-order valence-electron chi connectivity index (χ4n) is 2.36. The van der Waals surface area contributed by atoms with E-state index in [-0.39, 0.29) is 0 Å². The number of aromatic nitrogens is 1. The molecule has 1 heterocycles. The summed E-state index contributed by atoms with van der Waals surface area (Å²) in [5, 5.41) is 4.38. The molecule has 3 heteroatoms. The minimum Gasteiger partial charge on any atom is -0.319 e. The predicted molar refractivity (Wildman–Crippen MR) is 84.1 cm³/mol. The number of thiazole rings is 1. The van der Waals surface area contributed by atoms with Crippen molar-refractivity contribution in [3.8, 4) is 10.4 Å². The molecule has 2 rings (SSSR count). The van der Waals surface area contributed by atoms with E-state index < -0.39 is 0 Å². The van der Waals surface area contributed by atoms with Gasteiger partial charge < -0.3 is 5.32 Å². The van der Waals surface area contributed by atoms with Crippen molar-refractivity contribution in [2.45, 2.75) is 34.1 Å². The maximum absolute atomic E-state index is 4.55. The van der Waals surface area contributed by atoms with Gasteiger partial charge in [0, 0.05) is 19.2 Å². The molecule has 0 radical (unpaired) electrons. The third-order valence-electron chi connectivity index (χ3n) is 3.75. The average Bonchev–Trinajstić information content (AvgIpc) is 2.83. The first-order valence-corrected chi connectivity index (χ1v) is 7.53. The van der Waals surface area contributed by atoms with Crippen LogP contribution in [0.15, 0.2) is 12.3 Å². The van der Waals surface area contributed by atoms with Crippen LogP contribution in [0.25, 0.3) is 10.4 Å². The number of benzene rings is 1. The molecule has 0 fully saturated rings. The molecule has 19 heavy (non-hydrogen) atoms. The standard InChI is InChI=1S/C16H22N2S/c1-10-8-11(2)13(4)16(12(10)3)14-9-18-15(19-14)6-7-17-5/h8-9,17H,6-7H2,1-5H3. The van der Waals surface area contributed by atoms with Gasteiger partial charge in [0.25, 0.3) is 0 Å². The number of nitrogens with one attached hydrogen (secondary N) is 1. The Kier molecular flexibility index (Phi) is 4.38. The van der Waals surface area contributed by atoms with Gasteiger partial charge in [-0.05, 0) is 62.6 Å². The quantitative estimate of drug-likeness (QED) is 0.917. The Hall–Kier alpha value is -1.19. The normalized spacial score (nSPS) is 11.0. The van der Waals surface area contributed by atoms with E-state index in [9.17, 15) is 0 Å². The molecule has 1 aromatic heterocycles. The number of nitrogens with zero attached hydrogens (tertiary/aromatic N) is 1. The lowest BCUT2D eigenvalue weighted by atomic mass is 9.94. The zero-order valence-corrected chi connectivity index (χ0v) is 13.2. The van der Waals surface area contributed by atoms with Crippen LogP contribution in [-0.4, -0.2) is 18.6 Å². The van der Waals surface area contributed by atoms with Crippen molar-refractivity contribution in [1.29, 1.82) is 0 Å². The van der Waals surface area contributed by atoms with Crippen LogP contribution in [-0.2, 0) is 6.42 Å². The molecule has 0 saturated carbocycles. The van der Waals surface area contributed by atoms with Crippen LogP contribution in [0.1, 0.15) is 27.3 Å². The van der Waals surface area contributed by atoms with Crippen LogP contribution >= 0.6 is 11.3 Å². The Balaban J connectivity index is 2.44. The van der Waals surface area contributed by atoms with Gasteiger partial charge in [-0.2, -0.15) is 0 Å². The molecule has 2 aromatic rings. The Morgan fingerprint density at radius 1 is 1.11 bits per heavy atom. The Morgan fingerprint density at radius 3 is 2.32 bits per heavy atom. The van der Waals surface area contributed by atoms with Crippen LogP contribution in [0.3, 0.4) is 0 Å². The summed E-state index contributed by atoms with van der Waals surface area (Å²) in [5.41, 5.74) is 6.87. The van der Waals surface area contributed by atoms with E-state index in [4.69, 9.17) is 0 Å². The van der Waals surface area contributed by atoms with Crippen LogP contribution in [0.4, 0.5) is 0 Å². The first kappa shape index (κ1) is 14.2. The van der Waals surface area contributed by atoms with Crippen molar-refractivity contribution in [3.63, 3.8) is 0 Å². The first-order valence-electron chi connectivity index (χ1n) is 6.71. The second-order valence-electron chi connectivity index (χ2n) is 5.11. The second-order valence-corrected chi connectivity index (χ2v) is 6.22. The summed E-state index contributed by atoms with van der Waals surface area (Å²) in [6.07, 6.45) is 3.04. The lowest BCUT2D eigenvalue weighted by Gasteiger charge is -2.13. The van der Waals surface area contributed by atoms with E-state index in [1.807, 2.05) is 24.6 Å². The summed E-state index contributed by atoms with van der Waals surface area (Å²) in [6, 6.07) is 2.27. The average molecular weight is 274 g/mol. The van der Waals surface area contributed by atoms with Gasteiger partial charge in [0.05, 0.1) is 9.88 Å². The van der Waals surface area contributed by atoms with Crippen molar-refractivity contribution in [2.24, 2.45) is 0 Å². The number of rotatable bonds is 4. The monoisotopic (exact) mass is 274 g/mol. The number of hydrogen-bond acceptors (Lipinski definition) is 3. The largest absolute Gasteiger partial charge is 0.319 e. The molecule has 0 unspecified atom stereocenters. The van der Waals surface area contributed by atoms with E-state index in [0.29, 0.717) is 0 Å². The summed E-state index contributed by atoms with van der Waals surface area (Å²) < 4.78 is 0. The third-order valence-corrected chi connectivity index (χ3v) is 4.83. The highest BCUT2D eigenvalue weighted by Gasteiger charge is 2.13. The number of likely N-dealkylation sites (N-methyl/N-ethyl adjacent to an activating group) is 1. The highest BCUT2D eigenvalue weighted by Crippen LogP contribution is 2.34. The molecule has 0 aliphatic rings. The van der Waals surface area contributed by atoms with Crippen molar-refractivity contribution >= 4 is 11.3 Å². The molecule has 2 nitrogen and oxygen atoms in total. The highest BCUT2D eigenvalue weighted by molar-refractivity contribution is 7.15. The molecule has 1 N–H and O–H groups in total. The van der Waals surface area contributed by atoms with Crippen molar-refractivity contribution in [3.05, 3.63) is 39.5 Å². The van der Waals surface area contributed by atoms with E-state index >= 15 is 0 Å². The Bertz CT molecular complexity index is 558. The topological polar surface area (TPSA) is 24.9 Å². The molecular weight excluding hydrogens is 252 g/mol. The fraction of sp³-hybridized carbons (Fsp3) is 0.438. The van der Waals surface area contributed by atoms with Gasteiger partial charge in [-0.3, -0.25) is 0 Å². The Labute approximate surface area is 119 Å². The molecule has 0 saturated heterocycles. The van der Waals surface area contributed by atoms with Crippen molar-refractivity contribution < 1.29 is 0 Å². The smallest absolute Gasteiger partial charge is 0.0943 e. The zero-order valence-electron chi connectivity index (χ0n) is 12.4. The summed E-state index contributed by atoms with van der Waals surface area (Å²) in [6.45, 7) is 9.79. The predicted octanol–water partition coefficient (Wildman–Crippen LogP) is 3.81. The van der Waals surface area contributed by atoms with Gasteiger partial charge in [-0.25, -0.2) is 4.98 Å². The van der Waals surface area contributed by atoms with Gasteiger partial charge in [0.15, 0.2) is 0 Å². The summed E-state index contributed by atoms with van der Waals surface area (Å²) in [5.74, 6) is 0. The van der Waals surface area contributed by atoms with Gasteiger partial charge in [0.1, 0.15) is 0 Å². The minimum atomic E-state index is 0.984. The van der Waals surface area contributed by atoms with Crippen LogP contribution in [0.2, 0.25) is 0 Å². The van der Waals surface area contributed by atoms with E-state index in [2.05, 4.69) is 44.1 Å². The molecule has 0 bridgehead atoms. The van der Waals surface area contributed by atoms with Gasteiger partial charge in [-0.1, -0.05) is 6.07 Å². The minimum absolute atomic E-state index is 0.984. The Morgan fingerprint density at radius 2 is 1.74 bits per heavy atom. The molecule has 1 aromatic carbocycles. The summed E-state index contributed by atoms with van der Waals surface area (Å²) in [7, 11) is 1.98. The molecule has 0 aliphatic carbocycles.